The number of benzene rings is 2. The van der Waals surface area contributed by atoms with Crippen molar-refractivity contribution in [2.45, 2.75) is 31.2 Å². The minimum absolute atomic E-state index is 0.349. The Morgan fingerprint density at radius 1 is 0.931 bits per heavy atom. The average molecular weight is 400 g/mol. The molecule has 152 valence electrons. The molecule has 0 spiro atoms. The summed E-state index contributed by atoms with van der Waals surface area (Å²) in [7, 11) is 0. The van der Waals surface area contributed by atoms with E-state index in [2.05, 4.69) is 21.7 Å². The maximum Gasteiger partial charge on any atom is 0.416 e. The van der Waals surface area contributed by atoms with E-state index in [4.69, 9.17) is 0 Å². The van der Waals surface area contributed by atoms with Crippen molar-refractivity contribution in [3.8, 4) is 5.69 Å². The van der Waals surface area contributed by atoms with Gasteiger partial charge in [0.15, 0.2) is 0 Å². The number of piperidine rings is 1. The number of para-hydroxylation sites is 1. The van der Waals surface area contributed by atoms with Crippen molar-refractivity contribution in [3.05, 3.63) is 89.7 Å². The van der Waals surface area contributed by atoms with Crippen molar-refractivity contribution in [2.75, 3.05) is 13.1 Å². The standard InChI is InChI=1S/C23H23F3N2O/c24-23(25,26)20-6-4-5-19(15-20)22(29)10-13-27(14-11-22)16-18-9-12-28(17-18)21-7-2-1-3-8-21/h1-9,12,15,17,29H,10-11,13-14,16H2. The van der Waals surface area contributed by atoms with E-state index in [-0.39, 0.29) is 0 Å². The Kier molecular flexibility index (Phi) is 5.23. The topological polar surface area (TPSA) is 28.4 Å². The molecule has 3 nitrogen and oxygen atoms in total. The maximum atomic E-state index is 13.0. The number of nitrogens with zero attached hydrogens (tertiary/aromatic N) is 2. The lowest BCUT2D eigenvalue weighted by atomic mass is 9.83. The summed E-state index contributed by atoms with van der Waals surface area (Å²) < 4.78 is 41.1. The third-order valence-corrected chi connectivity index (χ3v) is 5.63. The first-order valence-electron chi connectivity index (χ1n) is 9.68. The van der Waals surface area contributed by atoms with Crippen molar-refractivity contribution >= 4 is 0 Å². The molecule has 29 heavy (non-hydrogen) atoms. The van der Waals surface area contributed by atoms with E-state index >= 15 is 0 Å². The summed E-state index contributed by atoms with van der Waals surface area (Å²) in [5.74, 6) is 0. The minimum atomic E-state index is -4.40. The van der Waals surface area contributed by atoms with Gasteiger partial charge in [-0.05, 0) is 54.3 Å². The Balaban J connectivity index is 1.40. The van der Waals surface area contributed by atoms with Crippen LogP contribution in [0.1, 0.15) is 29.5 Å². The highest BCUT2D eigenvalue weighted by Crippen LogP contribution is 2.37. The summed E-state index contributed by atoms with van der Waals surface area (Å²) in [6.07, 6.45) is 0.525. The molecule has 1 aliphatic heterocycles. The molecule has 2 aromatic carbocycles. The molecule has 0 atom stereocenters. The third-order valence-electron chi connectivity index (χ3n) is 5.63. The second-order valence-corrected chi connectivity index (χ2v) is 7.65. The van der Waals surface area contributed by atoms with E-state index in [1.54, 1.807) is 6.07 Å². The number of alkyl halides is 3. The lowest BCUT2D eigenvalue weighted by Gasteiger charge is -2.38. The van der Waals surface area contributed by atoms with Crippen LogP contribution in [0, 0.1) is 0 Å². The van der Waals surface area contributed by atoms with Gasteiger partial charge in [0.2, 0.25) is 0 Å². The Morgan fingerprint density at radius 3 is 2.34 bits per heavy atom. The van der Waals surface area contributed by atoms with Crippen LogP contribution in [0.4, 0.5) is 13.2 Å². The first-order chi connectivity index (χ1) is 13.8. The minimum Gasteiger partial charge on any atom is -0.385 e. The van der Waals surface area contributed by atoms with Gasteiger partial charge in [-0.3, -0.25) is 4.90 Å². The molecule has 1 aliphatic rings. The van der Waals surface area contributed by atoms with Crippen LogP contribution in [-0.4, -0.2) is 27.7 Å². The van der Waals surface area contributed by atoms with E-state index in [9.17, 15) is 18.3 Å². The number of aliphatic hydroxyl groups is 1. The van der Waals surface area contributed by atoms with Gasteiger partial charge in [0, 0.05) is 37.7 Å². The Labute approximate surface area is 168 Å². The molecule has 1 aromatic heterocycles. The molecule has 0 bridgehead atoms. The lowest BCUT2D eigenvalue weighted by Crippen LogP contribution is -2.42. The van der Waals surface area contributed by atoms with Crippen molar-refractivity contribution in [1.82, 2.24) is 9.47 Å². The average Bonchev–Trinajstić information content (AvgIpc) is 3.19. The summed E-state index contributed by atoms with van der Waals surface area (Å²) in [5.41, 5.74) is 0.679. The van der Waals surface area contributed by atoms with Crippen LogP contribution in [0.15, 0.2) is 73.1 Å². The Morgan fingerprint density at radius 2 is 1.66 bits per heavy atom. The predicted octanol–water partition coefficient (Wildman–Crippen LogP) is 4.98. The smallest absolute Gasteiger partial charge is 0.385 e. The van der Waals surface area contributed by atoms with Gasteiger partial charge in [-0.15, -0.1) is 0 Å². The summed E-state index contributed by atoms with van der Waals surface area (Å²) in [4.78, 5) is 2.23. The summed E-state index contributed by atoms with van der Waals surface area (Å²) in [5, 5.41) is 11.0. The first-order valence-corrected chi connectivity index (χ1v) is 9.68. The molecule has 0 amide bonds. The van der Waals surface area contributed by atoms with Gasteiger partial charge in [0.05, 0.1) is 11.2 Å². The SMILES string of the molecule is OC1(c2cccc(C(F)(F)F)c2)CCN(Cc2ccn(-c3ccccc3)c2)CC1. The third kappa shape index (κ3) is 4.38. The van der Waals surface area contributed by atoms with Crippen LogP contribution in [0.25, 0.3) is 5.69 Å². The van der Waals surface area contributed by atoms with E-state index in [0.717, 1.165) is 24.4 Å². The number of likely N-dealkylation sites (tertiary alicyclic amines) is 1. The van der Waals surface area contributed by atoms with Gasteiger partial charge >= 0.3 is 6.18 Å². The number of hydrogen-bond acceptors (Lipinski definition) is 2. The van der Waals surface area contributed by atoms with E-state index in [1.165, 1.54) is 11.6 Å². The maximum absolute atomic E-state index is 13.0. The van der Waals surface area contributed by atoms with Crippen molar-refractivity contribution in [1.29, 1.82) is 0 Å². The molecule has 0 unspecified atom stereocenters. The summed E-state index contributed by atoms with van der Waals surface area (Å²) >= 11 is 0. The van der Waals surface area contributed by atoms with Gasteiger partial charge in [0.1, 0.15) is 0 Å². The molecule has 2 heterocycles. The number of rotatable bonds is 4. The predicted molar refractivity (Wildman–Crippen MR) is 106 cm³/mol. The number of aromatic nitrogens is 1. The fraction of sp³-hybridized carbons (Fsp3) is 0.304. The van der Waals surface area contributed by atoms with Crippen LogP contribution < -0.4 is 0 Å². The molecule has 1 fully saturated rings. The Bertz CT molecular complexity index is 958. The van der Waals surface area contributed by atoms with Crippen LogP contribution in [0.2, 0.25) is 0 Å². The fourth-order valence-corrected chi connectivity index (χ4v) is 3.91. The molecule has 1 N–H and O–H groups in total. The van der Waals surface area contributed by atoms with Crippen LogP contribution in [0.3, 0.4) is 0 Å². The second-order valence-electron chi connectivity index (χ2n) is 7.65. The highest BCUT2D eigenvalue weighted by molar-refractivity contribution is 5.34. The molecular weight excluding hydrogens is 377 g/mol. The fourth-order valence-electron chi connectivity index (χ4n) is 3.91. The Hall–Kier alpha value is -2.57. The number of hydrogen-bond donors (Lipinski definition) is 1. The van der Waals surface area contributed by atoms with Gasteiger partial charge in [-0.2, -0.15) is 13.2 Å². The molecule has 1 saturated heterocycles. The zero-order valence-electron chi connectivity index (χ0n) is 15.9. The normalized spacial score (nSPS) is 17.4. The highest BCUT2D eigenvalue weighted by atomic mass is 19.4. The molecule has 3 aromatic rings. The van der Waals surface area contributed by atoms with Crippen LogP contribution >= 0.6 is 0 Å². The quantitative estimate of drug-likeness (QED) is 0.669. The van der Waals surface area contributed by atoms with Crippen molar-refractivity contribution < 1.29 is 18.3 Å². The van der Waals surface area contributed by atoms with E-state index in [1.807, 2.05) is 36.5 Å². The summed E-state index contributed by atoms with van der Waals surface area (Å²) in [6.45, 7) is 2.00. The largest absolute Gasteiger partial charge is 0.416 e. The van der Waals surface area contributed by atoms with Gasteiger partial charge in [-0.25, -0.2) is 0 Å². The van der Waals surface area contributed by atoms with E-state index in [0.29, 0.717) is 31.5 Å². The van der Waals surface area contributed by atoms with E-state index < -0.39 is 17.3 Å². The zero-order valence-corrected chi connectivity index (χ0v) is 15.9. The van der Waals surface area contributed by atoms with Crippen LogP contribution in [0.5, 0.6) is 0 Å². The molecule has 4 rings (SSSR count). The molecular formula is C23H23F3N2O. The van der Waals surface area contributed by atoms with Gasteiger partial charge in [-0.1, -0.05) is 30.3 Å². The van der Waals surface area contributed by atoms with Crippen molar-refractivity contribution in [2.24, 2.45) is 0 Å². The molecule has 6 heteroatoms. The van der Waals surface area contributed by atoms with Gasteiger partial charge in [0.25, 0.3) is 0 Å². The molecule has 0 radical (unpaired) electrons. The van der Waals surface area contributed by atoms with Crippen molar-refractivity contribution in [3.63, 3.8) is 0 Å². The number of halogens is 3. The summed E-state index contributed by atoms with van der Waals surface area (Å²) in [6, 6.07) is 17.2. The van der Waals surface area contributed by atoms with Gasteiger partial charge < -0.3 is 9.67 Å². The first kappa shape index (κ1) is 19.7. The lowest BCUT2D eigenvalue weighted by molar-refractivity contribution is -0.137. The monoisotopic (exact) mass is 400 g/mol. The molecule has 0 aliphatic carbocycles. The molecule has 0 saturated carbocycles. The highest BCUT2D eigenvalue weighted by Gasteiger charge is 2.37. The zero-order chi connectivity index (χ0) is 20.5. The second kappa shape index (κ2) is 7.69. The van der Waals surface area contributed by atoms with Crippen LogP contribution in [-0.2, 0) is 18.3 Å².